The standard InChI is InChI=1S/C19H18FN3O3S/c1-12(24)21-19-22-23(13(2)25)18(27-19)14-7-9-16(10-8-14)26-11-15-5-3-4-6-17(15)20/h3-10,18H,11H2,1-2H3,(H,21,22,24)/t18-/m1/s1. The molecular weight excluding hydrogens is 369 g/mol. The number of rotatable bonds is 4. The van der Waals surface area contributed by atoms with E-state index >= 15 is 0 Å². The van der Waals surface area contributed by atoms with Gasteiger partial charge in [-0.2, -0.15) is 0 Å². The molecule has 2 aromatic rings. The highest BCUT2D eigenvalue weighted by molar-refractivity contribution is 8.14. The van der Waals surface area contributed by atoms with Gasteiger partial charge in [0.1, 0.15) is 23.5 Å². The Morgan fingerprint density at radius 1 is 1.19 bits per heavy atom. The Morgan fingerprint density at radius 2 is 1.89 bits per heavy atom. The molecule has 0 saturated heterocycles. The zero-order valence-electron chi connectivity index (χ0n) is 14.8. The fourth-order valence-corrected chi connectivity index (χ4v) is 3.62. The number of nitrogens with one attached hydrogen (secondary N) is 1. The minimum Gasteiger partial charge on any atom is -0.489 e. The van der Waals surface area contributed by atoms with E-state index in [0.29, 0.717) is 16.5 Å². The first-order valence-corrected chi connectivity index (χ1v) is 9.11. The normalized spacial score (nSPS) is 16.0. The van der Waals surface area contributed by atoms with E-state index < -0.39 is 0 Å². The van der Waals surface area contributed by atoms with Crippen molar-refractivity contribution >= 4 is 28.7 Å². The fourth-order valence-electron chi connectivity index (χ4n) is 2.48. The molecule has 1 atom stereocenters. The summed E-state index contributed by atoms with van der Waals surface area (Å²) in [6, 6.07) is 13.6. The van der Waals surface area contributed by atoms with Crippen molar-refractivity contribution in [2.24, 2.45) is 5.10 Å². The Bertz CT molecular complexity index is 886. The summed E-state index contributed by atoms with van der Waals surface area (Å²) in [7, 11) is 0. The van der Waals surface area contributed by atoms with Crippen LogP contribution in [-0.4, -0.2) is 22.0 Å². The minimum absolute atomic E-state index is 0.125. The van der Waals surface area contributed by atoms with Crippen molar-refractivity contribution in [2.75, 3.05) is 0 Å². The summed E-state index contributed by atoms with van der Waals surface area (Å²) >= 11 is 1.28. The number of halogens is 1. The van der Waals surface area contributed by atoms with Gasteiger partial charge in [0.2, 0.25) is 11.8 Å². The highest BCUT2D eigenvalue weighted by atomic mass is 32.2. The molecule has 1 aliphatic rings. The second-order valence-electron chi connectivity index (χ2n) is 5.87. The molecule has 3 rings (SSSR count). The lowest BCUT2D eigenvalue weighted by Gasteiger charge is -2.19. The lowest BCUT2D eigenvalue weighted by molar-refractivity contribution is -0.129. The molecule has 140 valence electrons. The van der Waals surface area contributed by atoms with Crippen molar-refractivity contribution in [3.63, 3.8) is 0 Å². The molecule has 1 aliphatic heterocycles. The van der Waals surface area contributed by atoms with Crippen LogP contribution in [0.4, 0.5) is 4.39 Å². The smallest absolute Gasteiger partial charge is 0.241 e. The topological polar surface area (TPSA) is 71.0 Å². The van der Waals surface area contributed by atoms with Gasteiger partial charge in [0, 0.05) is 19.4 Å². The Morgan fingerprint density at radius 3 is 2.52 bits per heavy atom. The summed E-state index contributed by atoms with van der Waals surface area (Å²) in [5, 5.41) is 8.09. The molecule has 8 heteroatoms. The first kappa shape index (κ1) is 18.9. The van der Waals surface area contributed by atoms with Crippen molar-refractivity contribution in [1.29, 1.82) is 0 Å². The first-order chi connectivity index (χ1) is 12.9. The van der Waals surface area contributed by atoms with E-state index in [4.69, 9.17) is 4.74 Å². The molecule has 0 spiro atoms. The van der Waals surface area contributed by atoms with Gasteiger partial charge in [0.25, 0.3) is 0 Å². The first-order valence-electron chi connectivity index (χ1n) is 8.23. The Kier molecular flexibility index (Phi) is 5.75. The Labute approximate surface area is 160 Å². The molecule has 0 radical (unpaired) electrons. The second kappa shape index (κ2) is 8.22. The zero-order valence-corrected chi connectivity index (χ0v) is 15.6. The van der Waals surface area contributed by atoms with Crippen molar-refractivity contribution in [3.8, 4) is 5.75 Å². The van der Waals surface area contributed by atoms with Crippen LogP contribution in [-0.2, 0) is 16.2 Å². The third kappa shape index (κ3) is 4.65. The number of carbonyl (C=O) groups is 2. The summed E-state index contributed by atoms with van der Waals surface area (Å²) in [5.74, 6) is -0.200. The predicted octanol–water partition coefficient (Wildman–Crippen LogP) is 3.41. The molecule has 0 fully saturated rings. The molecular formula is C19H18FN3O3S. The van der Waals surface area contributed by atoms with Crippen LogP contribution in [0.2, 0.25) is 0 Å². The predicted molar refractivity (Wildman–Crippen MR) is 101 cm³/mol. The van der Waals surface area contributed by atoms with E-state index in [1.54, 1.807) is 30.3 Å². The molecule has 0 aliphatic carbocycles. The third-order valence-corrected chi connectivity index (χ3v) is 4.87. The SMILES string of the molecule is CC(=O)NC1=NN(C(C)=O)[C@@H](c2ccc(OCc3ccccc3F)cc2)S1. The van der Waals surface area contributed by atoms with Gasteiger partial charge in [-0.25, -0.2) is 9.40 Å². The van der Waals surface area contributed by atoms with Gasteiger partial charge in [-0.05, 0) is 23.8 Å². The van der Waals surface area contributed by atoms with E-state index in [9.17, 15) is 14.0 Å². The summed E-state index contributed by atoms with van der Waals surface area (Å²) < 4.78 is 19.3. The molecule has 1 N–H and O–H groups in total. The molecule has 0 bridgehead atoms. The highest BCUT2D eigenvalue weighted by Gasteiger charge is 2.32. The van der Waals surface area contributed by atoms with Crippen LogP contribution < -0.4 is 10.1 Å². The average Bonchev–Trinajstić information content (AvgIpc) is 3.05. The molecule has 0 unspecified atom stereocenters. The van der Waals surface area contributed by atoms with Crippen LogP contribution >= 0.6 is 11.8 Å². The van der Waals surface area contributed by atoms with Gasteiger partial charge in [-0.1, -0.05) is 42.1 Å². The molecule has 0 aromatic heterocycles. The van der Waals surface area contributed by atoms with Crippen molar-refractivity contribution in [1.82, 2.24) is 10.3 Å². The maximum absolute atomic E-state index is 13.6. The number of nitrogens with zero attached hydrogens (tertiary/aromatic N) is 2. The number of ether oxygens (including phenoxy) is 1. The van der Waals surface area contributed by atoms with Gasteiger partial charge in [-0.15, -0.1) is 5.10 Å². The largest absolute Gasteiger partial charge is 0.489 e. The van der Waals surface area contributed by atoms with Crippen LogP contribution in [0.3, 0.4) is 0 Å². The number of amidine groups is 1. The fraction of sp³-hybridized carbons (Fsp3) is 0.211. The molecule has 2 amide bonds. The van der Waals surface area contributed by atoms with Gasteiger partial charge >= 0.3 is 0 Å². The minimum atomic E-state index is -0.370. The zero-order chi connectivity index (χ0) is 19.4. The number of carbonyl (C=O) groups excluding carboxylic acids is 2. The van der Waals surface area contributed by atoms with Crippen LogP contribution in [0.15, 0.2) is 53.6 Å². The van der Waals surface area contributed by atoms with Crippen molar-refractivity contribution in [3.05, 3.63) is 65.5 Å². The summed E-state index contributed by atoms with van der Waals surface area (Å²) in [5.41, 5.74) is 1.31. The van der Waals surface area contributed by atoms with Gasteiger partial charge in [0.15, 0.2) is 5.17 Å². The molecule has 2 aromatic carbocycles. The number of hydrogen-bond acceptors (Lipinski definition) is 5. The third-order valence-electron chi connectivity index (χ3n) is 3.77. The van der Waals surface area contributed by atoms with Gasteiger partial charge in [0.05, 0.1) is 0 Å². The van der Waals surface area contributed by atoms with Crippen LogP contribution in [0, 0.1) is 5.82 Å². The molecule has 1 heterocycles. The maximum atomic E-state index is 13.6. The molecule has 27 heavy (non-hydrogen) atoms. The Balaban J connectivity index is 1.68. The summed E-state index contributed by atoms with van der Waals surface area (Å²) in [6.45, 7) is 2.93. The summed E-state index contributed by atoms with van der Waals surface area (Å²) in [6.07, 6.45) is 0. The number of amides is 2. The lowest BCUT2D eigenvalue weighted by atomic mass is 10.2. The van der Waals surface area contributed by atoms with Crippen LogP contribution in [0.1, 0.15) is 30.3 Å². The average molecular weight is 387 g/mol. The quantitative estimate of drug-likeness (QED) is 0.873. The van der Waals surface area contributed by atoms with Crippen molar-refractivity contribution in [2.45, 2.75) is 25.8 Å². The number of hydrazone groups is 1. The number of hydrogen-bond donors (Lipinski definition) is 1. The van der Waals surface area contributed by atoms with E-state index in [1.165, 1.54) is 36.7 Å². The van der Waals surface area contributed by atoms with Crippen LogP contribution in [0.5, 0.6) is 5.75 Å². The van der Waals surface area contributed by atoms with Gasteiger partial charge in [-0.3, -0.25) is 9.59 Å². The maximum Gasteiger partial charge on any atom is 0.241 e. The van der Waals surface area contributed by atoms with E-state index in [0.717, 1.165) is 5.56 Å². The van der Waals surface area contributed by atoms with E-state index in [2.05, 4.69) is 10.4 Å². The van der Waals surface area contributed by atoms with Gasteiger partial charge < -0.3 is 10.1 Å². The lowest BCUT2D eigenvalue weighted by Crippen LogP contribution is -2.25. The monoisotopic (exact) mass is 387 g/mol. The number of thioether (sulfide) groups is 1. The second-order valence-corrected chi connectivity index (χ2v) is 6.94. The van der Waals surface area contributed by atoms with Crippen LogP contribution in [0.25, 0.3) is 0 Å². The van der Waals surface area contributed by atoms with E-state index in [-0.39, 0.29) is 29.6 Å². The highest BCUT2D eigenvalue weighted by Crippen LogP contribution is 2.39. The van der Waals surface area contributed by atoms with Crippen molar-refractivity contribution < 1.29 is 18.7 Å². The van der Waals surface area contributed by atoms with E-state index in [1.807, 2.05) is 12.1 Å². The molecule has 0 saturated carbocycles. The summed E-state index contributed by atoms with van der Waals surface area (Å²) in [4.78, 5) is 23.1. The number of benzene rings is 2. The molecule has 6 nitrogen and oxygen atoms in total. The Hall–Kier alpha value is -2.87.